The number of nitrogens with two attached hydrogens (primary N) is 1. The van der Waals surface area contributed by atoms with Gasteiger partial charge < -0.3 is 10.4 Å². The van der Waals surface area contributed by atoms with Crippen LogP contribution in [-0.4, -0.2) is 21.2 Å². The molecule has 1 aliphatic rings. The van der Waals surface area contributed by atoms with Gasteiger partial charge in [0.1, 0.15) is 11.6 Å². The Morgan fingerprint density at radius 1 is 1.12 bits per heavy atom. The highest BCUT2D eigenvalue weighted by molar-refractivity contribution is 6.30. The van der Waals surface area contributed by atoms with E-state index in [1.807, 2.05) is 29.6 Å². The van der Waals surface area contributed by atoms with Crippen LogP contribution in [0, 0.1) is 0 Å². The number of quaternary nitrogens is 1. The van der Waals surface area contributed by atoms with Gasteiger partial charge >= 0.3 is 5.69 Å². The van der Waals surface area contributed by atoms with Crippen LogP contribution in [0.3, 0.4) is 0 Å². The summed E-state index contributed by atoms with van der Waals surface area (Å²) in [4.78, 5) is 27.2. The fraction of sp³-hybridized carbons (Fsp3) is 0.158. The summed E-state index contributed by atoms with van der Waals surface area (Å²) in [5, 5.41) is 13.4. The van der Waals surface area contributed by atoms with Gasteiger partial charge in [-0.1, -0.05) is 35.9 Å². The molecule has 26 heavy (non-hydrogen) atoms. The second-order valence-electron chi connectivity index (χ2n) is 6.26. The summed E-state index contributed by atoms with van der Waals surface area (Å²) >= 11 is 5.90. The van der Waals surface area contributed by atoms with Crippen molar-refractivity contribution in [3.05, 3.63) is 91.1 Å². The molecule has 0 aliphatic carbocycles. The fourth-order valence-corrected chi connectivity index (χ4v) is 3.65. The molecule has 0 unspecified atom stereocenters. The molecule has 2 heterocycles. The van der Waals surface area contributed by atoms with Crippen LogP contribution in [0.2, 0.25) is 5.02 Å². The summed E-state index contributed by atoms with van der Waals surface area (Å²) in [6.45, 7) is 0.792. The molecule has 2 aromatic carbocycles. The van der Waals surface area contributed by atoms with Crippen LogP contribution in [0.15, 0.2) is 58.1 Å². The molecule has 1 aromatic heterocycles. The molecule has 0 amide bonds. The minimum atomic E-state index is -0.692. The number of hydrogen-bond donors (Lipinski definition) is 3. The number of rotatable bonds is 2. The quantitative estimate of drug-likeness (QED) is 0.630. The predicted octanol–water partition coefficient (Wildman–Crippen LogP) is 1.09. The number of H-pyrrole nitrogens is 1. The van der Waals surface area contributed by atoms with E-state index in [1.54, 1.807) is 24.3 Å². The molecular weight excluding hydrogens is 354 g/mol. The van der Waals surface area contributed by atoms with E-state index in [4.69, 9.17) is 11.6 Å². The highest BCUT2D eigenvalue weighted by atomic mass is 35.5. The Morgan fingerprint density at radius 2 is 1.85 bits per heavy atom. The van der Waals surface area contributed by atoms with Gasteiger partial charge in [-0.2, -0.15) is 0 Å². The van der Waals surface area contributed by atoms with Crippen LogP contribution in [0.4, 0.5) is 0 Å². The summed E-state index contributed by atoms with van der Waals surface area (Å²) in [5.41, 5.74) is 1.45. The number of halogens is 1. The molecule has 0 saturated carbocycles. The molecule has 0 fully saturated rings. The standard InChI is InChI=1S/C19H16ClN3O3/c20-12-5-7-13(8-6-12)23-18(25)15(17(24)22-19(23)26)16-14-4-2-1-3-11(14)9-10-21-16/h1-8,16,21,25H,9-10H2,(H,22,24,26)/p+1/t16-/m0/s1. The molecule has 0 saturated heterocycles. The third-order valence-electron chi connectivity index (χ3n) is 4.72. The molecule has 4 rings (SSSR count). The molecule has 1 atom stereocenters. The van der Waals surface area contributed by atoms with Crippen LogP contribution in [0.5, 0.6) is 5.88 Å². The SMILES string of the molecule is O=c1[nH]c(=O)n(-c2ccc(Cl)cc2)c(O)c1[C@H]1[NH2+]CCc2ccccc21. The Hall–Kier alpha value is -2.83. The molecule has 0 spiro atoms. The summed E-state index contributed by atoms with van der Waals surface area (Å²) in [6.07, 6.45) is 0.891. The first-order valence-electron chi connectivity index (χ1n) is 8.31. The second kappa shape index (κ2) is 6.48. The first-order valence-corrected chi connectivity index (χ1v) is 8.69. The van der Waals surface area contributed by atoms with Gasteiger partial charge in [-0.15, -0.1) is 0 Å². The summed E-state index contributed by atoms with van der Waals surface area (Å²) in [7, 11) is 0. The maximum Gasteiger partial charge on any atom is 0.335 e. The smallest absolute Gasteiger partial charge is 0.335 e. The molecule has 7 heteroatoms. The average Bonchev–Trinajstić information content (AvgIpc) is 2.63. The van der Waals surface area contributed by atoms with Crippen molar-refractivity contribution in [2.24, 2.45) is 0 Å². The normalized spacial score (nSPS) is 16.3. The Labute approximate surface area is 153 Å². The van der Waals surface area contributed by atoms with Crippen molar-refractivity contribution in [1.29, 1.82) is 0 Å². The number of fused-ring (bicyclic) bond motifs is 1. The molecule has 4 N–H and O–H groups in total. The molecular formula is C19H17ClN3O3+. The van der Waals surface area contributed by atoms with Crippen LogP contribution in [0.1, 0.15) is 22.7 Å². The topological polar surface area (TPSA) is 91.7 Å². The monoisotopic (exact) mass is 370 g/mol. The van der Waals surface area contributed by atoms with E-state index < -0.39 is 11.2 Å². The van der Waals surface area contributed by atoms with E-state index in [9.17, 15) is 14.7 Å². The highest BCUT2D eigenvalue weighted by Gasteiger charge is 2.31. The van der Waals surface area contributed by atoms with Gasteiger partial charge in [-0.25, -0.2) is 9.36 Å². The van der Waals surface area contributed by atoms with Gasteiger partial charge in [0.15, 0.2) is 0 Å². The van der Waals surface area contributed by atoms with E-state index >= 15 is 0 Å². The van der Waals surface area contributed by atoms with Crippen molar-refractivity contribution in [3.63, 3.8) is 0 Å². The largest absolute Gasteiger partial charge is 0.494 e. The van der Waals surface area contributed by atoms with Crippen molar-refractivity contribution in [2.75, 3.05) is 6.54 Å². The van der Waals surface area contributed by atoms with Gasteiger partial charge in [0.2, 0.25) is 5.88 Å². The maximum absolute atomic E-state index is 12.5. The Balaban J connectivity index is 1.94. The zero-order valence-electron chi connectivity index (χ0n) is 13.8. The van der Waals surface area contributed by atoms with Crippen molar-refractivity contribution in [1.82, 2.24) is 9.55 Å². The van der Waals surface area contributed by atoms with E-state index in [0.29, 0.717) is 10.7 Å². The lowest BCUT2D eigenvalue weighted by Gasteiger charge is -2.24. The summed E-state index contributed by atoms with van der Waals surface area (Å²) < 4.78 is 1.10. The molecule has 1 aliphatic heterocycles. The third-order valence-corrected chi connectivity index (χ3v) is 4.97. The fourth-order valence-electron chi connectivity index (χ4n) is 3.52. The molecule has 3 aromatic rings. The molecule has 0 bridgehead atoms. The van der Waals surface area contributed by atoms with Crippen LogP contribution < -0.4 is 16.6 Å². The first-order chi connectivity index (χ1) is 12.6. The number of hydrogen-bond acceptors (Lipinski definition) is 3. The number of aromatic hydroxyl groups is 1. The summed E-state index contributed by atoms with van der Waals surface area (Å²) in [6, 6.07) is 13.9. The van der Waals surface area contributed by atoms with Gasteiger partial charge in [-0.3, -0.25) is 9.78 Å². The number of nitrogens with zero attached hydrogens (tertiary/aromatic N) is 1. The highest BCUT2D eigenvalue weighted by Crippen LogP contribution is 2.28. The minimum Gasteiger partial charge on any atom is -0.494 e. The first kappa shape index (κ1) is 16.6. The molecule has 6 nitrogen and oxygen atoms in total. The Bertz CT molecular complexity index is 1090. The second-order valence-corrected chi connectivity index (χ2v) is 6.70. The average molecular weight is 371 g/mol. The lowest BCUT2D eigenvalue weighted by Crippen LogP contribution is -2.87. The van der Waals surface area contributed by atoms with E-state index in [1.165, 1.54) is 0 Å². The van der Waals surface area contributed by atoms with Crippen molar-refractivity contribution >= 4 is 11.6 Å². The van der Waals surface area contributed by atoms with Gasteiger partial charge in [0.25, 0.3) is 5.56 Å². The zero-order valence-corrected chi connectivity index (χ0v) is 14.5. The van der Waals surface area contributed by atoms with E-state index in [2.05, 4.69) is 4.98 Å². The van der Waals surface area contributed by atoms with Gasteiger partial charge in [0, 0.05) is 17.0 Å². The Kier molecular flexibility index (Phi) is 4.14. The van der Waals surface area contributed by atoms with E-state index in [0.717, 1.165) is 28.7 Å². The number of aromatic amines is 1. The van der Waals surface area contributed by atoms with Crippen LogP contribution in [-0.2, 0) is 6.42 Å². The van der Waals surface area contributed by atoms with Crippen LogP contribution in [0.25, 0.3) is 5.69 Å². The number of benzene rings is 2. The number of nitrogens with one attached hydrogen (secondary N) is 1. The van der Waals surface area contributed by atoms with E-state index in [-0.39, 0.29) is 17.5 Å². The van der Waals surface area contributed by atoms with Gasteiger partial charge in [0.05, 0.1) is 12.2 Å². The lowest BCUT2D eigenvalue weighted by molar-refractivity contribution is -0.690. The van der Waals surface area contributed by atoms with Crippen molar-refractivity contribution < 1.29 is 10.4 Å². The van der Waals surface area contributed by atoms with Crippen LogP contribution >= 0.6 is 11.6 Å². The maximum atomic E-state index is 12.5. The molecule has 0 radical (unpaired) electrons. The van der Waals surface area contributed by atoms with Crippen molar-refractivity contribution in [3.8, 4) is 11.6 Å². The lowest BCUT2D eigenvalue weighted by atomic mass is 9.90. The zero-order chi connectivity index (χ0) is 18.3. The summed E-state index contributed by atoms with van der Waals surface area (Å²) in [5.74, 6) is -0.348. The van der Waals surface area contributed by atoms with Gasteiger partial charge in [-0.05, 0) is 29.8 Å². The molecule has 132 valence electrons. The minimum absolute atomic E-state index is 0.173. The van der Waals surface area contributed by atoms with Crippen molar-refractivity contribution in [2.45, 2.75) is 12.5 Å². The Morgan fingerprint density at radius 3 is 2.62 bits per heavy atom. The number of aromatic nitrogens is 2. The predicted molar refractivity (Wildman–Crippen MR) is 98.1 cm³/mol. The third kappa shape index (κ3) is 2.73.